The number of hydrogen-bond acceptors (Lipinski definition) is 7. The van der Waals surface area contributed by atoms with Crippen LogP contribution in [-0.2, 0) is 27.7 Å². The highest BCUT2D eigenvalue weighted by Gasteiger charge is 2.26. The van der Waals surface area contributed by atoms with Gasteiger partial charge < -0.3 is 11.1 Å². The molecule has 0 bridgehead atoms. The van der Waals surface area contributed by atoms with Gasteiger partial charge in [0.2, 0.25) is 15.9 Å². The number of aryl methyl sites for hydroxylation is 1. The Morgan fingerprint density at radius 3 is 2.60 bits per heavy atom. The van der Waals surface area contributed by atoms with Crippen LogP contribution in [0.3, 0.4) is 0 Å². The van der Waals surface area contributed by atoms with E-state index in [1.165, 1.54) is 39.7 Å². The predicted molar refractivity (Wildman–Crippen MR) is 119 cm³/mol. The topological polar surface area (TPSA) is 122 Å². The number of anilines is 1. The van der Waals surface area contributed by atoms with Gasteiger partial charge in [-0.2, -0.15) is 4.31 Å². The number of nitrogens with one attached hydrogen (secondary N) is 1. The van der Waals surface area contributed by atoms with Crippen molar-refractivity contribution < 1.29 is 18.0 Å². The monoisotopic (exact) mass is 468 g/mol. The van der Waals surface area contributed by atoms with Crippen molar-refractivity contribution in [2.24, 2.45) is 5.73 Å². The molecule has 2 heterocycles. The molecule has 2 amide bonds. The molecular weight excluding hydrogens is 444 g/mol. The van der Waals surface area contributed by atoms with Crippen molar-refractivity contribution in [2.75, 3.05) is 24.2 Å². The van der Waals surface area contributed by atoms with Crippen LogP contribution in [0.15, 0.2) is 28.3 Å². The van der Waals surface area contributed by atoms with Crippen molar-refractivity contribution in [2.45, 2.75) is 43.0 Å². The first-order valence-corrected chi connectivity index (χ1v) is 12.8. The van der Waals surface area contributed by atoms with Crippen molar-refractivity contribution in [3.05, 3.63) is 34.3 Å². The van der Waals surface area contributed by atoms with E-state index in [2.05, 4.69) is 10.3 Å². The van der Waals surface area contributed by atoms with E-state index >= 15 is 0 Å². The van der Waals surface area contributed by atoms with Gasteiger partial charge in [0.1, 0.15) is 9.90 Å². The van der Waals surface area contributed by atoms with E-state index in [0.29, 0.717) is 28.7 Å². The van der Waals surface area contributed by atoms with Crippen LogP contribution in [0.25, 0.3) is 0 Å². The third-order valence-electron chi connectivity index (χ3n) is 4.82. The smallest absolute Gasteiger partial charge is 0.251 e. The Kier molecular flexibility index (Phi) is 7.17. The van der Waals surface area contributed by atoms with Crippen molar-refractivity contribution in [1.82, 2.24) is 9.29 Å². The second-order valence-corrected chi connectivity index (χ2v) is 10.7. The first-order chi connectivity index (χ1) is 14.3. The average molecular weight is 469 g/mol. The standard InChI is InChI=1S/C19H24N4O4S3/c1-3-23(4-2)30(26,27)12-8-9-16(21-10-12)28-11-15(24)22-19-17(18(20)25)13-6-5-7-14(13)29-19/h8-10H,3-7,11H2,1-2H3,(H2,20,25)(H,22,24). The molecule has 0 spiro atoms. The molecule has 0 aromatic carbocycles. The molecule has 2 aromatic heterocycles. The minimum Gasteiger partial charge on any atom is -0.365 e. The Morgan fingerprint density at radius 1 is 1.27 bits per heavy atom. The number of carbonyl (C=O) groups excluding carboxylic acids is 2. The lowest BCUT2D eigenvalue weighted by Crippen LogP contribution is -2.30. The number of pyridine rings is 1. The van der Waals surface area contributed by atoms with Crippen LogP contribution in [0.2, 0.25) is 0 Å². The minimum atomic E-state index is -3.56. The van der Waals surface area contributed by atoms with Gasteiger partial charge in [0.25, 0.3) is 5.91 Å². The summed E-state index contributed by atoms with van der Waals surface area (Å²) < 4.78 is 26.4. The number of thioether (sulfide) groups is 1. The van der Waals surface area contributed by atoms with Gasteiger partial charge in [-0.3, -0.25) is 9.59 Å². The summed E-state index contributed by atoms with van der Waals surface area (Å²) in [5.41, 5.74) is 6.90. The Morgan fingerprint density at radius 2 is 2.00 bits per heavy atom. The Hall–Kier alpha value is -1.95. The Bertz CT molecular complexity index is 1040. The quantitative estimate of drug-likeness (QED) is 0.545. The summed E-state index contributed by atoms with van der Waals surface area (Å²) >= 11 is 2.60. The van der Waals surface area contributed by atoms with Crippen LogP contribution in [0, 0.1) is 0 Å². The number of carbonyl (C=O) groups is 2. The molecule has 0 fully saturated rings. The molecule has 0 aliphatic heterocycles. The zero-order valence-corrected chi connectivity index (χ0v) is 19.3. The maximum atomic E-state index is 12.5. The summed E-state index contributed by atoms with van der Waals surface area (Å²) in [7, 11) is -3.56. The second kappa shape index (κ2) is 9.46. The van der Waals surface area contributed by atoms with E-state index in [1.54, 1.807) is 19.9 Å². The van der Waals surface area contributed by atoms with E-state index in [4.69, 9.17) is 5.73 Å². The molecule has 30 heavy (non-hydrogen) atoms. The molecule has 1 aliphatic rings. The van der Waals surface area contributed by atoms with Crippen LogP contribution in [-0.4, -0.2) is 48.4 Å². The highest BCUT2D eigenvalue weighted by atomic mass is 32.2. The van der Waals surface area contributed by atoms with Gasteiger partial charge in [-0.1, -0.05) is 25.6 Å². The zero-order valence-electron chi connectivity index (χ0n) is 16.8. The van der Waals surface area contributed by atoms with E-state index < -0.39 is 15.9 Å². The third kappa shape index (κ3) is 4.69. The Balaban J connectivity index is 1.63. The summed E-state index contributed by atoms with van der Waals surface area (Å²) in [5.74, 6) is -0.719. The van der Waals surface area contributed by atoms with E-state index in [1.807, 2.05) is 0 Å². The summed E-state index contributed by atoms with van der Waals surface area (Å²) in [4.78, 5) is 29.6. The summed E-state index contributed by atoms with van der Waals surface area (Å²) in [6.45, 7) is 4.33. The van der Waals surface area contributed by atoms with Crippen LogP contribution >= 0.6 is 23.1 Å². The number of hydrogen-bond donors (Lipinski definition) is 2. The van der Waals surface area contributed by atoms with Gasteiger partial charge in [0.05, 0.1) is 16.3 Å². The fraction of sp³-hybridized carbons (Fsp3) is 0.421. The molecule has 8 nitrogen and oxygen atoms in total. The molecule has 3 N–H and O–H groups in total. The highest BCUT2D eigenvalue weighted by molar-refractivity contribution is 7.99. The van der Waals surface area contributed by atoms with Gasteiger partial charge in [-0.05, 0) is 37.0 Å². The number of nitrogens with two attached hydrogens (primary N) is 1. The number of sulfonamides is 1. The van der Waals surface area contributed by atoms with Crippen molar-refractivity contribution in [1.29, 1.82) is 0 Å². The minimum absolute atomic E-state index is 0.0793. The molecule has 3 rings (SSSR count). The molecule has 162 valence electrons. The first-order valence-electron chi connectivity index (χ1n) is 9.61. The molecule has 2 aromatic rings. The number of fused-ring (bicyclic) bond motifs is 1. The normalized spacial score (nSPS) is 13.4. The lowest BCUT2D eigenvalue weighted by molar-refractivity contribution is -0.113. The molecule has 11 heteroatoms. The van der Waals surface area contributed by atoms with Crippen molar-refractivity contribution >= 4 is 49.9 Å². The fourth-order valence-corrected chi connectivity index (χ4v) is 6.73. The largest absolute Gasteiger partial charge is 0.365 e. The molecular formula is C19H24N4O4S3. The summed E-state index contributed by atoms with van der Waals surface area (Å²) in [6, 6.07) is 3.08. The number of nitrogens with zero attached hydrogens (tertiary/aromatic N) is 2. The molecule has 1 aliphatic carbocycles. The highest BCUT2D eigenvalue weighted by Crippen LogP contribution is 2.38. The van der Waals surface area contributed by atoms with E-state index in [0.717, 1.165) is 29.7 Å². The lowest BCUT2D eigenvalue weighted by atomic mass is 10.1. The number of thiophene rings is 1. The average Bonchev–Trinajstić information content (AvgIpc) is 3.28. The molecule has 0 unspecified atom stereocenters. The van der Waals surface area contributed by atoms with Gasteiger partial charge in [0, 0.05) is 24.2 Å². The molecule has 0 radical (unpaired) electrons. The Labute approximate surface area is 184 Å². The summed E-state index contributed by atoms with van der Waals surface area (Å²) in [6.07, 6.45) is 4.01. The molecule has 0 atom stereocenters. The lowest BCUT2D eigenvalue weighted by Gasteiger charge is -2.18. The third-order valence-corrected chi connectivity index (χ3v) is 9.01. The van der Waals surface area contributed by atoms with Gasteiger partial charge in [-0.15, -0.1) is 11.3 Å². The second-order valence-electron chi connectivity index (χ2n) is 6.68. The summed E-state index contributed by atoms with van der Waals surface area (Å²) in [5, 5.41) is 3.83. The van der Waals surface area contributed by atoms with Crippen molar-refractivity contribution in [3.8, 4) is 0 Å². The van der Waals surface area contributed by atoms with Crippen LogP contribution < -0.4 is 11.1 Å². The van der Waals surface area contributed by atoms with Crippen LogP contribution in [0.1, 0.15) is 41.1 Å². The number of rotatable bonds is 9. The fourth-order valence-electron chi connectivity index (χ4n) is 3.37. The first kappa shape index (κ1) is 22.7. The van der Waals surface area contributed by atoms with Crippen LogP contribution in [0.4, 0.5) is 5.00 Å². The number of primary amides is 1. The molecule has 0 saturated carbocycles. The number of aromatic nitrogens is 1. The van der Waals surface area contributed by atoms with Gasteiger partial charge >= 0.3 is 0 Å². The predicted octanol–water partition coefficient (Wildman–Crippen LogP) is 2.49. The molecule has 0 saturated heterocycles. The maximum absolute atomic E-state index is 12.5. The van der Waals surface area contributed by atoms with Crippen molar-refractivity contribution in [3.63, 3.8) is 0 Å². The number of amides is 2. The van der Waals surface area contributed by atoms with E-state index in [-0.39, 0.29) is 16.6 Å². The zero-order chi connectivity index (χ0) is 21.9. The van der Waals surface area contributed by atoms with Gasteiger partial charge in [0.15, 0.2) is 0 Å². The SMILES string of the molecule is CCN(CC)S(=O)(=O)c1ccc(SCC(=O)Nc2sc3c(c2C(N)=O)CCC3)nc1. The van der Waals surface area contributed by atoms with Crippen LogP contribution in [0.5, 0.6) is 0 Å². The van der Waals surface area contributed by atoms with E-state index in [9.17, 15) is 18.0 Å². The van der Waals surface area contributed by atoms with Gasteiger partial charge in [-0.25, -0.2) is 13.4 Å². The maximum Gasteiger partial charge on any atom is 0.251 e.